The van der Waals surface area contributed by atoms with Crippen LogP contribution in [0.4, 0.5) is 0 Å². The molecule has 0 aromatic rings. The van der Waals surface area contributed by atoms with Gasteiger partial charge in [0.15, 0.2) is 0 Å². The predicted molar refractivity (Wildman–Crippen MR) is 81.6 cm³/mol. The average molecular weight is 248 g/mol. The number of unbranched alkanes of at least 4 members (excludes halogenated alkanes) is 4. The molecule has 0 aliphatic carbocycles. The van der Waals surface area contributed by atoms with E-state index in [4.69, 9.17) is 0 Å². The van der Waals surface area contributed by atoms with Crippen LogP contribution in [0.3, 0.4) is 0 Å². The van der Waals surface area contributed by atoms with Crippen molar-refractivity contribution in [2.75, 3.05) is 0 Å². The van der Waals surface area contributed by atoms with E-state index >= 15 is 0 Å². The van der Waals surface area contributed by atoms with Gasteiger partial charge in [0, 0.05) is 0 Å². The lowest BCUT2D eigenvalue weighted by molar-refractivity contribution is 0.227. The highest BCUT2D eigenvalue weighted by Gasteiger charge is 1.92. The second-order valence-electron chi connectivity index (χ2n) is 4.42. The summed E-state index contributed by atoms with van der Waals surface area (Å²) in [5.74, 6) is 0. The molecule has 18 heavy (non-hydrogen) atoms. The van der Waals surface area contributed by atoms with Crippen LogP contribution in [0.5, 0.6) is 0 Å². The van der Waals surface area contributed by atoms with Crippen molar-refractivity contribution in [2.45, 2.75) is 58.0 Å². The van der Waals surface area contributed by atoms with E-state index in [1.807, 2.05) is 30.4 Å². The SMILES string of the molecule is C=CCCCCCC=CC=CC(O)CC=CCC. The van der Waals surface area contributed by atoms with Gasteiger partial charge in [-0.05, 0) is 38.5 Å². The number of aliphatic hydroxyl groups excluding tert-OH is 1. The van der Waals surface area contributed by atoms with Crippen molar-refractivity contribution in [1.82, 2.24) is 0 Å². The molecule has 0 aromatic heterocycles. The lowest BCUT2D eigenvalue weighted by atomic mass is 10.1. The largest absolute Gasteiger partial charge is 0.389 e. The van der Waals surface area contributed by atoms with Gasteiger partial charge in [0.25, 0.3) is 0 Å². The normalized spacial score (nSPS) is 13.9. The van der Waals surface area contributed by atoms with Crippen LogP contribution in [0, 0.1) is 0 Å². The first-order chi connectivity index (χ1) is 8.81. The maximum Gasteiger partial charge on any atom is 0.0758 e. The van der Waals surface area contributed by atoms with Gasteiger partial charge in [0.1, 0.15) is 0 Å². The molecule has 0 rings (SSSR count). The first kappa shape index (κ1) is 16.9. The van der Waals surface area contributed by atoms with E-state index in [1.54, 1.807) is 0 Å². The van der Waals surface area contributed by atoms with Gasteiger partial charge in [-0.3, -0.25) is 0 Å². The number of hydrogen-bond donors (Lipinski definition) is 1. The summed E-state index contributed by atoms with van der Waals surface area (Å²) in [6, 6.07) is 0. The highest BCUT2D eigenvalue weighted by atomic mass is 16.3. The van der Waals surface area contributed by atoms with Crippen molar-refractivity contribution in [1.29, 1.82) is 0 Å². The van der Waals surface area contributed by atoms with Crippen LogP contribution >= 0.6 is 0 Å². The molecule has 0 spiro atoms. The van der Waals surface area contributed by atoms with Crippen molar-refractivity contribution < 1.29 is 5.11 Å². The molecule has 0 fully saturated rings. The number of allylic oxidation sites excluding steroid dienone is 5. The molecule has 1 nitrogen and oxygen atoms in total. The Morgan fingerprint density at radius 3 is 2.50 bits per heavy atom. The minimum atomic E-state index is -0.356. The molecule has 0 radical (unpaired) electrons. The molecule has 0 bridgehead atoms. The molecule has 102 valence electrons. The zero-order valence-corrected chi connectivity index (χ0v) is 11.7. The summed E-state index contributed by atoms with van der Waals surface area (Å²) in [6.45, 7) is 5.80. The molecule has 0 saturated heterocycles. The van der Waals surface area contributed by atoms with E-state index in [0.29, 0.717) is 6.42 Å². The summed E-state index contributed by atoms with van der Waals surface area (Å²) in [7, 11) is 0. The van der Waals surface area contributed by atoms with Gasteiger partial charge in [-0.2, -0.15) is 0 Å². The topological polar surface area (TPSA) is 20.2 Å². The van der Waals surface area contributed by atoms with Crippen molar-refractivity contribution in [3.05, 3.63) is 49.1 Å². The van der Waals surface area contributed by atoms with Gasteiger partial charge in [-0.1, -0.05) is 55.9 Å². The van der Waals surface area contributed by atoms with Gasteiger partial charge in [0.2, 0.25) is 0 Å². The lowest BCUT2D eigenvalue weighted by Gasteiger charge is -1.98. The van der Waals surface area contributed by atoms with Gasteiger partial charge in [0.05, 0.1) is 6.10 Å². The van der Waals surface area contributed by atoms with E-state index in [2.05, 4.69) is 25.7 Å². The molecule has 0 aliphatic heterocycles. The highest BCUT2D eigenvalue weighted by molar-refractivity contribution is 5.05. The first-order valence-corrected chi connectivity index (χ1v) is 7.08. The molecule has 0 aliphatic rings. The van der Waals surface area contributed by atoms with Crippen LogP contribution < -0.4 is 0 Å². The third-order valence-electron chi connectivity index (χ3n) is 2.64. The summed E-state index contributed by atoms with van der Waals surface area (Å²) < 4.78 is 0. The maximum atomic E-state index is 9.59. The van der Waals surface area contributed by atoms with E-state index in [9.17, 15) is 5.11 Å². The fraction of sp³-hybridized carbons (Fsp3) is 0.529. The lowest BCUT2D eigenvalue weighted by Crippen LogP contribution is -1.98. The summed E-state index contributed by atoms with van der Waals surface area (Å²) in [6.07, 6.45) is 21.4. The molecule has 0 saturated carbocycles. The zero-order valence-electron chi connectivity index (χ0n) is 11.7. The minimum absolute atomic E-state index is 0.356. The standard InChI is InChI=1S/C17H28O/c1-3-5-7-8-9-10-11-12-14-16-17(18)15-13-6-4-2/h3,6,11-14,16-18H,1,4-5,7-10,15H2,2H3. The van der Waals surface area contributed by atoms with E-state index in [0.717, 1.165) is 19.3 Å². The summed E-state index contributed by atoms with van der Waals surface area (Å²) >= 11 is 0. The Balaban J connectivity index is 3.49. The molecule has 1 N–H and O–H groups in total. The van der Waals surface area contributed by atoms with Gasteiger partial charge in [-0.15, -0.1) is 6.58 Å². The number of aliphatic hydroxyl groups is 1. The van der Waals surface area contributed by atoms with E-state index in [-0.39, 0.29) is 6.10 Å². The van der Waals surface area contributed by atoms with Crippen molar-refractivity contribution in [2.24, 2.45) is 0 Å². The third-order valence-corrected chi connectivity index (χ3v) is 2.64. The third kappa shape index (κ3) is 13.0. The molecule has 1 unspecified atom stereocenters. The molecule has 1 heteroatoms. The first-order valence-electron chi connectivity index (χ1n) is 7.08. The molecule has 0 heterocycles. The van der Waals surface area contributed by atoms with Crippen LogP contribution in [0.1, 0.15) is 51.9 Å². The van der Waals surface area contributed by atoms with Gasteiger partial charge >= 0.3 is 0 Å². The Bertz CT molecular complexity index is 261. The van der Waals surface area contributed by atoms with Crippen LogP contribution in [0.25, 0.3) is 0 Å². The zero-order chi connectivity index (χ0) is 13.5. The van der Waals surface area contributed by atoms with Crippen molar-refractivity contribution in [3.63, 3.8) is 0 Å². The summed E-state index contributed by atoms with van der Waals surface area (Å²) in [5.41, 5.74) is 0. The van der Waals surface area contributed by atoms with Crippen LogP contribution in [0.2, 0.25) is 0 Å². The monoisotopic (exact) mass is 248 g/mol. The Kier molecular flexibility index (Phi) is 13.1. The molecule has 0 amide bonds. The smallest absolute Gasteiger partial charge is 0.0758 e. The number of hydrogen-bond acceptors (Lipinski definition) is 1. The highest BCUT2D eigenvalue weighted by Crippen LogP contribution is 2.04. The fourth-order valence-corrected chi connectivity index (χ4v) is 1.58. The average Bonchev–Trinajstić information content (AvgIpc) is 2.37. The number of rotatable bonds is 11. The Morgan fingerprint density at radius 2 is 1.78 bits per heavy atom. The van der Waals surface area contributed by atoms with Crippen molar-refractivity contribution >= 4 is 0 Å². The van der Waals surface area contributed by atoms with Crippen LogP contribution in [-0.2, 0) is 0 Å². The van der Waals surface area contributed by atoms with E-state index < -0.39 is 0 Å². The van der Waals surface area contributed by atoms with Crippen molar-refractivity contribution in [3.8, 4) is 0 Å². The summed E-state index contributed by atoms with van der Waals surface area (Å²) in [4.78, 5) is 0. The van der Waals surface area contributed by atoms with Gasteiger partial charge < -0.3 is 5.11 Å². The summed E-state index contributed by atoms with van der Waals surface area (Å²) in [5, 5.41) is 9.59. The maximum absolute atomic E-state index is 9.59. The van der Waals surface area contributed by atoms with Gasteiger partial charge in [-0.25, -0.2) is 0 Å². The van der Waals surface area contributed by atoms with Crippen LogP contribution in [0.15, 0.2) is 49.1 Å². The molecular formula is C17H28O. The second-order valence-corrected chi connectivity index (χ2v) is 4.42. The quantitative estimate of drug-likeness (QED) is 0.311. The molecule has 1 atom stereocenters. The Labute approximate surface area is 113 Å². The van der Waals surface area contributed by atoms with Crippen LogP contribution in [-0.4, -0.2) is 11.2 Å². The Hall–Kier alpha value is -1.08. The predicted octanol–water partition coefficient (Wildman–Crippen LogP) is 4.95. The van der Waals surface area contributed by atoms with E-state index in [1.165, 1.54) is 19.3 Å². The fourth-order valence-electron chi connectivity index (χ4n) is 1.58. The molecule has 0 aromatic carbocycles. The second kappa shape index (κ2) is 14.0. The minimum Gasteiger partial charge on any atom is -0.389 e. The Morgan fingerprint density at radius 1 is 1.00 bits per heavy atom. The molecular weight excluding hydrogens is 220 g/mol.